The summed E-state index contributed by atoms with van der Waals surface area (Å²) in [5.74, 6) is -2.36. The molecule has 4 atom stereocenters. The highest BCUT2D eigenvalue weighted by molar-refractivity contribution is 9.10. The van der Waals surface area contributed by atoms with Gasteiger partial charge in [0.05, 0.1) is 5.92 Å². The van der Waals surface area contributed by atoms with E-state index in [0.29, 0.717) is 16.9 Å². The molecule has 8 heteroatoms. The Morgan fingerprint density at radius 3 is 2.68 bits per heavy atom. The number of amides is 1. The van der Waals surface area contributed by atoms with Crippen LogP contribution in [0.1, 0.15) is 23.7 Å². The number of hydrogen-bond donors (Lipinski definition) is 2. The number of thiocarbonyl (C=S) groups is 1. The summed E-state index contributed by atoms with van der Waals surface area (Å²) in [6.07, 6.45) is -1.75. The number of aliphatic hydroxyl groups excluding tert-OH is 1. The molecule has 1 amide bonds. The number of benzene rings is 2. The van der Waals surface area contributed by atoms with Gasteiger partial charge in [0.1, 0.15) is 22.8 Å². The van der Waals surface area contributed by atoms with Crippen molar-refractivity contribution in [1.82, 2.24) is 5.32 Å². The van der Waals surface area contributed by atoms with Crippen molar-refractivity contribution in [2.75, 3.05) is 0 Å². The highest BCUT2D eigenvalue weighted by atomic mass is 79.9. The molecule has 2 aliphatic heterocycles. The fourth-order valence-electron chi connectivity index (χ4n) is 3.48. The van der Waals surface area contributed by atoms with E-state index < -0.39 is 36.1 Å². The van der Waals surface area contributed by atoms with Gasteiger partial charge >= 0.3 is 5.97 Å². The number of carbonyl (C=O) groups is 2. The predicted octanol–water partition coefficient (Wildman–Crippen LogP) is 2.87. The minimum Gasteiger partial charge on any atom is -0.464 e. The number of halogens is 1. The van der Waals surface area contributed by atoms with Crippen molar-refractivity contribution in [2.45, 2.75) is 18.8 Å². The third-order valence-corrected chi connectivity index (χ3v) is 5.74. The summed E-state index contributed by atoms with van der Waals surface area (Å²) in [7, 11) is 0. The zero-order chi connectivity index (χ0) is 19.8. The van der Waals surface area contributed by atoms with Crippen LogP contribution in [0.15, 0.2) is 53.0 Å². The van der Waals surface area contributed by atoms with E-state index in [1.165, 1.54) is 0 Å². The standard InChI is InChI=1S/C20H16BrNO5S/c21-11-6-7-12-15(8-11)26-19(24)13-9-14(20(25)27-16(12)13)17(23)22-18(28)10-4-2-1-3-5-10/h1-8,13-14,16,19,24H,9H2,(H,22,23,28). The van der Waals surface area contributed by atoms with Gasteiger partial charge in [-0.3, -0.25) is 9.59 Å². The predicted molar refractivity (Wildman–Crippen MR) is 107 cm³/mol. The third-order valence-electron chi connectivity index (χ3n) is 4.91. The number of hydrogen-bond acceptors (Lipinski definition) is 6. The molecule has 4 unspecified atom stereocenters. The van der Waals surface area contributed by atoms with Crippen molar-refractivity contribution in [3.05, 3.63) is 64.1 Å². The van der Waals surface area contributed by atoms with Crippen LogP contribution in [0, 0.1) is 11.8 Å². The lowest BCUT2D eigenvalue weighted by atomic mass is 9.81. The van der Waals surface area contributed by atoms with E-state index in [1.807, 2.05) is 12.1 Å². The van der Waals surface area contributed by atoms with Gasteiger partial charge in [0.2, 0.25) is 12.2 Å². The maximum absolute atomic E-state index is 12.6. The molecule has 0 radical (unpaired) electrons. The molecule has 2 aromatic carbocycles. The monoisotopic (exact) mass is 461 g/mol. The van der Waals surface area contributed by atoms with Gasteiger partial charge in [-0.2, -0.15) is 0 Å². The molecule has 2 heterocycles. The Kier molecular flexibility index (Phi) is 5.18. The molecule has 2 aromatic rings. The molecular formula is C20H16BrNO5S. The number of nitrogens with one attached hydrogen (secondary N) is 1. The molecule has 0 saturated carbocycles. The molecule has 144 valence electrons. The molecule has 0 spiro atoms. The third kappa shape index (κ3) is 3.55. The lowest BCUT2D eigenvalue weighted by molar-refractivity contribution is -0.191. The van der Waals surface area contributed by atoms with E-state index in [0.717, 1.165) is 4.47 Å². The second-order valence-corrected chi connectivity index (χ2v) is 8.01. The molecule has 2 N–H and O–H groups in total. The van der Waals surface area contributed by atoms with Gasteiger partial charge in [-0.15, -0.1) is 0 Å². The number of carbonyl (C=O) groups excluding carboxylic acids is 2. The van der Waals surface area contributed by atoms with Crippen LogP contribution in [0.5, 0.6) is 5.75 Å². The van der Waals surface area contributed by atoms with Crippen molar-refractivity contribution in [3.8, 4) is 5.75 Å². The number of aliphatic hydroxyl groups is 1. The van der Waals surface area contributed by atoms with Crippen LogP contribution in [0.25, 0.3) is 0 Å². The van der Waals surface area contributed by atoms with Gasteiger partial charge < -0.3 is 19.9 Å². The van der Waals surface area contributed by atoms with Crippen LogP contribution in [0.4, 0.5) is 0 Å². The molecule has 1 fully saturated rings. The maximum Gasteiger partial charge on any atom is 0.319 e. The Balaban J connectivity index is 1.52. The topological polar surface area (TPSA) is 84.9 Å². The van der Waals surface area contributed by atoms with Gasteiger partial charge in [0.25, 0.3) is 0 Å². The molecule has 4 rings (SSSR count). The molecule has 0 aliphatic carbocycles. The van der Waals surface area contributed by atoms with E-state index in [-0.39, 0.29) is 11.4 Å². The van der Waals surface area contributed by atoms with Gasteiger partial charge in [0.15, 0.2) is 0 Å². The van der Waals surface area contributed by atoms with Gasteiger partial charge in [-0.05, 0) is 18.6 Å². The van der Waals surface area contributed by atoms with Crippen LogP contribution in [-0.2, 0) is 14.3 Å². The Bertz CT molecular complexity index is 951. The lowest BCUT2D eigenvalue weighted by Gasteiger charge is -2.41. The van der Waals surface area contributed by atoms with Gasteiger partial charge in [-0.25, -0.2) is 0 Å². The molecule has 0 bridgehead atoms. The summed E-state index contributed by atoms with van der Waals surface area (Å²) in [4.78, 5) is 25.4. The number of ether oxygens (including phenoxy) is 2. The Morgan fingerprint density at radius 1 is 1.18 bits per heavy atom. The minimum atomic E-state index is -1.18. The SMILES string of the molecule is O=C(NC(=S)c1ccccc1)C1CC2C(O)Oc3cc(Br)ccc3C2OC1=O. The van der Waals surface area contributed by atoms with Crippen LogP contribution in [-0.4, -0.2) is 28.3 Å². The van der Waals surface area contributed by atoms with Gasteiger partial charge in [-0.1, -0.05) is 64.5 Å². The summed E-state index contributed by atoms with van der Waals surface area (Å²) in [6, 6.07) is 14.3. The zero-order valence-electron chi connectivity index (χ0n) is 14.5. The summed E-state index contributed by atoms with van der Waals surface area (Å²) in [5, 5.41) is 13.0. The first-order valence-electron chi connectivity index (χ1n) is 8.69. The fraction of sp³-hybridized carbons (Fsp3) is 0.250. The largest absolute Gasteiger partial charge is 0.464 e. The Morgan fingerprint density at radius 2 is 1.93 bits per heavy atom. The van der Waals surface area contributed by atoms with E-state index in [4.69, 9.17) is 21.7 Å². The number of fused-ring (bicyclic) bond motifs is 3. The van der Waals surface area contributed by atoms with E-state index in [1.54, 1.807) is 36.4 Å². The van der Waals surface area contributed by atoms with Crippen LogP contribution in [0.3, 0.4) is 0 Å². The minimum absolute atomic E-state index is 0.101. The first-order chi connectivity index (χ1) is 13.4. The first kappa shape index (κ1) is 19.0. The molecule has 2 aliphatic rings. The van der Waals surface area contributed by atoms with Crippen molar-refractivity contribution in [2.24, 2.45) is 11.8 Å². The average Bonchev–Trinajstić information content (AvgIpc) is 2.68. The summed E-state index contributed by atoms with van der Waals surface area (Å²) in [5.41, 5.74) is 1.35. The smallest absolute Gasteiger partial charge is 0.319 e. The quantitative estimate of drug-likeness (QED) is 0.406. The Labute approximate surface area is 175 Å². The van der Waals surface area contributed by atoms with E-state index in [2.05, 4.69) is 21.2 Å². The van der Waals surface area contributed by atoms with Crippen LogP contribution < -0.4 is 10.1 Å². The lowest BCUT2D eigenvalue weighted by Crippen LogP contribution is -2.49. The second kappa shape index (κ2) is 7.62. The van der Waals surface area contributed by atoms with Crippen LogP contribution >= 0.6 is 28.1 Å². The molecule has 1 saturated heterocycles. The average molecular weight is 462 g/mol. The summed E-state index contributed by atoms with van der Waals surface area (Å²) in [6.45, 7) is 0. The zero-order valence-corrected chi connectivity index (χ0v) is 16.9. The summed E-state index contributed by atoms with van der Waals surface area (Å²) >= 11 is 8.59. The van der Waals surface area contributed by atoms with Crippen molar-refractivity contribution in [3.63, 3.8) is 0 Å². The molecular weight excluding hydrogens is 446 g/mol. The van der Waals surface area contributed by atoms with Gasteiger partial charge in [0, 0.05) is 15.6 Å². The van der Waals surface area contributed by atoms with Crippen molar-refractivity contribution < 1.29 is 24.2 Å². The molecule has 28 heavy (non-hydrogen) atoms. The highest BCUT2D eigenvalue weighted by Crippen LogP contribution is 2.46. The normalized spacial score (nSPS) is 25.6. The molecule has 0 aromatic heterocycles. The number of esters is 1. The van der Waals surface area contributed by atoms with E-state index >= 15 is 0 Å². The number of rotatable bonds is 2. The fourth-order valence-corrected chi connectivity index (χ4v) is 4.06. The maximum atomic E-state index is 12.6. The highest BCUT2D eigenvalue weighted by Gasteiger charge is 2.49. The van der Waals surface area contributed by atoms with Crippen molar-refractivity contribution in [1.29, 1.82) is 0 Å². The Hall–Kier alpha value is -2.29. The van der Waals surface area contributed by atoms with Crippen LogP contribution in [0.2, 0.25) is 0 Å². The van der Waals surface area contributed by atoms with Crippen molar-refractivity contribution >= 4 is 45.0 Å². The first-order valence-corrected chi connectivity index (χ1v) is 9.89. The summed E-state index contributed by atoms with van der Waals surface area (Å²) < 4.78 is 11.9. The molecule has 6 nitrogen and oxygen atoms in total. The second-order valence-electron chi connectivity index (χ2n) is 6.68. The van der Waals surface area contributed by atoms with E-state index in [9.17, 15) is 14.7 Å².